The summed E-state index contributed by atoms with van der Waals surface area (Å²) in [6, 6.07) is 0. The second kappa shape index (κ2) is 12.5. The lowest BCUT2D eigenvalue weighted by atomic mass is 9.53. The van der Waals surface area contributed by atoms with Gasteiger partial charge in [-0.1, -0.05) is 64.3 Å². The predicted molar refractivity (Wildman–Crippen MR) is 150 cm³/mol. The van der Waals surface area contributed by atoms with Crippen molar-refractivity contribution in [2.24, 2.45) is 28.6 Å². The number of aliphatic hydroxyl groups excluding tert-OH is 1. The fourth-order valence-corrected chi connectivity index (χ4v) is 6.12. The minimum atomic E-state index is -1.11. The van der Waals surface area contributed by atoms with E-state index in [9.17, 15) is 24.6 Å². The topological polar surface area (TPSA) is 101 Å². The molecule has 0 bridgehead atoms. The Kier molecular flexibility index (Phi) is 10.4. The standard InChI is InChI=1S/C32H48O6/c1-10-11-22(17-25(34)35)27-29-32(15-14-20(4)5,18-23(31(27,8)9)13-12-19(2)3)28(36)26(30(37)38-29)24(33)16-21(6)7/h12,14,21-23,36H,10-11,13,15-18H2,1-9H3,(H,34,35). The number of Topliss-reactive ketones (excluding diaryl/α,β-unsaturated/α-hetero) is 1. The SMILES string of the molecule is CCCC(CC(=O)O)C1=C2OC(=O)C(C(=O)CC(C)C)=C(O)C2(CC=C(C)C)CC(CC=C(C)C)C1(C)C. The molecule has 3 atom stereocenters. The van der Waals surface area contributed by atoms with Crippen LogP contribution in [0.4, 0.5) is 0 Å². The number of aliphatic carboxylic acids is 1. The molecule has 0 amide bonds. The number of carbonyl (C=O) groups is 3. The van der Waals surface area contributed by atoms with Crippen molar-refractivity contribution in [3.63, 3.8) is 0 Å². The van der Waals surface area contributed by atoms with Gasteiger partial charge in [0.05, 0.1) is 11.8 Å². The summed E-state index contributed by atoms with van der Waals surface area (Å²) in [5.74, 6) is -2.35. The minimum Gasteiger partial charge on any atom is -0.510 e. The molecular formula is C32H48O6. The number of ether oxygens (including phenoxy) is 1. The zero-order chi connectivity index (χ0) is 29.0. The third-order valence-electron chi connectivity index (χ3n) is 8.09. The summed E-state index contributed by atoms with van der Waals surface area (Å²) >= 11 is 0. The average Bonchev–Trinajstić information content (AvgIpc) is 2.76. The van der Waals surface area contributed by atoms with Gasteiger partial charge in [-0.2, -0.15) is 0 Å². The van der Waals surface area contributed by atoms with Crippen LogP contribution in [0.1, 0.15) is 107 Å². The Hall–Kier alpha value is -2.63. The molecule has 2 rings (SSSR count). The molecule has 0 aromatic heterocycles. The van der Waals surface area contributed by atoms with Crippen LogP contribution in [0.15, 0.2) is 46.0 Å². The summed E-state index contributed by atoms with van der Waals surface area (Å²) in [5, 5.41) is 21.8. The van der Waals surface area contributed by atoms with Crippen LogP contribution in [0.2, 0.25) is 0 Å². The number of fused-ring (bicyclic) bond motifs is 1. The van der Waals surface area contributed by atoms with E-state index in [0.29, 0.717) is 25.0 Å². The lowest BCUT2D eigenvalue weighted by Gasteiger charge is -2.53. The largest absolute Gasteiger partial charge is 0.510 e. The van der Waals surface area contributed by atoms with Gasteiger partial charge in [-0.05, 0) is 82.1 Å². The third kappa shape index (κ3) is 6.68. The molecule has 3 unspecified atom stereocenters. The molecule has 2 N–H and O–H groups in total. The summed E-state index contributed by atoms with van der Waals surface area (Å²) in [5.41, 5.74) is 1.15. The van der Waals surface area contributed by atoms with Crippen molar-refractivity contribution in [3.8, 4) is 0 Å². The summed E-state index contributed by atoms with van der Waals surface area (Å²) in [4.78, 5) is 38.6. The van der Waals surface area contributed by atoms with E-state index in [1.54, 1.807) is 0 Å². The highest BCUT2D eigenvalue weighted by molar-refractivity contribution is 6.18. The molecular weight excluding hydrogens is 480 g/mol. The molecule has 0 radical (unpaired) electrons. The molecule has 0 aromatic rings. The van der Waals surface area contributed by atoms with Crippen molar-refractivity contribution in [3.05, 3.63) is 46.0 Å². The van der Waals surface area contributed by atoms with E-state index < -0.39 is 28.6 Å². The van der Waals surface area contributed by atoms with Gasteiger partial charge >= 0.3 is 11.9 Å². The Morgan fingerprint density at radius 2 is 1.68 bits per heavy atom. The van der Waals surface area contributed by atoms with Gasteiger partial charge in [0.25, 0.3) is 0 Å². The van der Waals surface area contributed by atoms with Gasteiger partial charge < -0.3 is 14.9 Å². The highest BCUT2D eigenvalue weighted by Gasteiger charge is 2.58. The number of allylic oxidation sites excluding steroid dienone is 5. The number of hydrogen-bond acceptors (Lipinski definition) is 5. The number of hydrogen-bond donors (Lipinski definition) is 2. The molecule has 2 aliphatic rings. The van der Waals surface area contributed by atoms with E-state index in [0.717, 1.165) is 24.0 Å². The van der Waals surface area contributed by atoms with Crippen LogP contribution in [-0.2, 0) is 19.1 Å². The molecule has 1 aliphatic heterocycles. The Morgan fingerprint density at radius 1 is 1.08 bits per heavy atom. The van der Waals surface area contributed by atoms with Crippen molar-refractivity contribution in [2.75, 3.05) is 0 Å². The number of esters is 1. The smallest absolute Gasteiger partial charge is 0.350 e. The van der Waals surface area contributed by atoms with E-state index in [1.807, 2.05) is 54.5 Å². The first-order chi connectivity index (χ1) is 17.6. The molecule has 0 aromatic carbocycles. The van der Waals surface area contributed by atoms with E-state index in [4.69, 9.17) is 4.74 Å². The van der Waals surface area contributed by atoms with Crippen molar-refractivity contribution in [1.82, 2.24) is 0 Å². The van der Waals surface area contributed by atoms with E-state index >= 15 is 0 Å². The maximum Gasteiger partial charge on any atom is 0.350 e. The fraction of sp³-hybridized carbons (Fsp3) is 0.656. The molecule has 1 heterocycles. The lowest BCUT2D eigenvalue weighted by Crippen LogP contribution is -2.48. The Labute approximate surface area is 228 Å². The Balaban J connectivity index is 3.01. The quantitative estimate of drug-likeness (QED) is 0.152. The monoisotopic (exact) mass is 528 g/mol. The summed E-state index contributed by atoms with van der Waals surface area (Å²) in [6.07, 6.45) is 7.17. The number of carbonyl (C=O) groups excluding carboxylic acids is 2. The fourth-order valence-electron chi connectivity index (χ4n) is 6.12. The van der Waals surface area contributed by atoms with Gasteiger partial charge in [0.2, 0.25) is 0 Å². The second-order valence-corrected chi connectivity index (χ2v) is 12.7. The van der Waals surface area contributed by atoms with Crippen molar-refractivity contribution in [2.45, 2.75) is 107 Å². The number of aliphatic hydroxyl groups is 1. The molecule has 38 heavy (non-hydrogen) atoms. The molecule has 6 heteroatoms. The van der Waals surface area contributed by atoms with Crippen LogP contribution in [-0.4, -0.2) is 27.9 Å². The second-order valence-electron chi connectivity index (χ2n) is 12.7. The van der Waals surface area contributed by atoms with E-state index in [-0.39, 0.29) is 41.9 Å². The normalized spacial score (nSPS) is 23.5. The maximum atomic E-state index is 13.4. The van der Waals surface area contributed by atoms with Gasteiger partial charge in [0, 0.05) is 6.42 Å². The van der Waals surface area contributed by atoms with Gasteiger partial charge in [0.15, 0.2) is 5.78 Å². The van der Waals surface area contributed by atoms with Crippen molar-refractivity contribution >= 4 is 17.7 Å². The van der Waals surface area contributed by atoms with Crippen LogP contribution in [0, 0.1) is 28.6 Å². The van der Waals surface area contributed by atoms with Crippen molar-refractivity contribution < 1.29 is 29.3 Å². The molecule has 0 fully saturated rings. The average molecular weight is 529 g/mol. The molecule has 6 nitrogen and oxygen atoms in total. The van der Waals surface area contributed by atoms with E-state index in [2.05, 4.69) is 19.9 Å². The maximum absolute atomic E-state index is 13.4. The van der Waals surface area contributed by atoms with E-state index in [1.165, 1.54) is 5.57 Å². The van der Waals surface area contributed by atoms with Crippen molar-refractivity contribution in [1.29, 1.82) is 0 Å². The molecule has 212 valence electrons. The predicted octanol–water partition coefficient (Wildman–Crippen LogP) is 7.86. The van der Waals surface area contributed by atoms with Gasteiger partial charge in [-0.3, -0.25) is 9.59 Å². The minimum absolute atomic E-state index is 0.0111. The number of rotatable bonds is 12. The first-order valence-corrected chi connectivity index (χ1v) is 14.0. The number of ketones is 1. The highest BCUT2D eigenvalue weighted by atomic mass is 16.5. The molecule has 0 spiro atoms. The van der Waals surface area contributed by atoms with Crippen LogP contribution < -0.4 is 0 Å². The molecule has 0 saturated heterocycles. The van der Waals surface area contributed by atoms with Gasteiger partial charge in [-0.15, -0.1) is 0 Å². The first kappa shape index (κ1) is 31.6. The summed E-state index contributed by atoms with van der Waals surface area (Å²) < 4.78 is 6.11. The van der Waals surface area contributed by atoms with Gasteiger partial charge in [0.1, 0.15) is 17.1 Å². The third-order valence-corrected chi connectivity index (χ3v) is 8.09. The van der Waals surface area contributed by atoms with Crippen LogP contribution in [0.25, 0.3) is 0 Å². The van der Waals surface area contributed by atoms with Crippen LogP contribution in [0.3, 0.4) is 0 Å². The number of carboxylic acid groups (broad SMARTS) is 1. The van der Waals surface area contributed by atoms with Gasteiger partial charge in [-0.25, -0.2) is 4.79 Å². The summed E-state index contributed by atoms with van der Waals surface area (Å²) in [6.45, 7) is 18.0. The molecule has 0 saturated carbocycles. The highest BCUT2D eigenvalue weighted by Crippen LogP contribution is 2.62. The zero-order valence-electron chi connectivity index (χ0n) is 24.9. The molecule has 1 aliphatic carbocycles. The Bertz CT molecular complexity index is 1060. The van der Waals surface area contributed by atoms with Crippen LogP contribution >= 0.6 is 0 Å². The summed E-state index contributed by atoms with van der Waals surface area (Å²) in [7, 11) is 0. The lowest BCUT2D eigenvalue weighted by molar-refractivity contribution is -0.143. The number of carboxylic acids is 1. The van der Waals surface area contributed by atoms with Crippen LogP contribution in [0.5, 0.6) is 0 Å². The Morgan fingerprint density at radius 3 is 2.18 bits per heavy atom. The zero-order valence-corrected chi connectivity index (χ0v) is 24.9. The first-order valence-electron chi connectivity index (χ1n) is 14.0.